The molecule has 21 heavy (non-hydrogen) atoms. The fourth-order valence-electron chi connectivity index (χ4n) is 2.95. The molecule has 0 fully saturated rings. The first-order chi connectivity index (χ1) is 10.1. The van der Waals surface area contributed by atoms with Crippen LogP contribution in [-0.4, -0.2) is 9.97 Å². The van der Waals surface area contributed by atoms with Gasteiger partial charge in [0.1, 0.15) is 16.5 Å². The van der Waals surface area contributed by atoms with Gasteiger partial charge in [-0.05, 0) is 43.9 Å². The summed E-state index contributed by atoms with van der Waals surface area (Å²) in [4.78, 5) is 11.1. The van der Waals surface area contributed by atoms with Crippen molar-refractivity contribution < 1.29 is 4.39 Å². The van der Waals surface area contributed by atoms with Gasteiger partial charge in [-0.15, -0.1) is 11.3 Å². The van der Waals surface area contributed by atoms with Crippen molar-refractivity contribution in [2.45, 2.75) is 26.2 Å². The fraction of sp³-hybridized carbons (Fsp3) is 0.250. The van der Waals surface area contributed by atoms with E-state index in [9.17, 15) is 4.39 Å². The number of aryl methyl sites for hydroxylation is 3. The molecule has 3 nitrogen and oxygen atoms in total. The molecule has 0 aliphatic heterocycles. The first kappa shape index (κ1) is 12.7. The van der Waals surface area contributed by atoms with Crippen molar-refractivity contribution in [3.05, 3.63) is 40.0 Å². The zero-order chi connectivity index (χ0) is 14.6. The maximum absolute atomic E-state index is 14.0. The number of hydrogen-bond donors (Lipinski definition) is 1. The number of nitrogens with two attached hydrogens (primary N) is 1. The lowest BCUT2D eigenvalue weighted by molar-refractivity contribution is 0.629. The number of halogens is 1. The number of anilines is 1. The quantitative estimate of drug-likeness (QED) is 0.742. The molecule has 3 aromatic rings. The number of nitrogens with zero attached hydrogens (tertiary/aromatic N) is 2. The van der Waals surface area contributed by atoms with Gasteiger partial charge in [0, 0.05) is 4.88 Å². The van der Waals surface area contributed by atoms with Crippen molar-refractivity contribution in [1.82, 2.24) is 9.97 Å². The Balaban J connectivity index is 1.97. The van der Waals surface area contributed by atoms with E-state index in [0.717, 1.165) is 28.6 Å². The highest BCUT2D eigenvalue weighted by Crippen LogP contribution is 2.39. The standard InChI is InChI=1S/C16H14FN3S/c1-8-5-6-11(17)10(7-8)15-19-14(18)13-9-3-2-4-12(9)21-16(13)20-15/h5-7H,2-4H2,1H3,(H2,18,19,20). The van der Waals surface area contributed by atoms with E-state index in [4.69, 9.17) is 5.73 Å². The Hall–Kier alpha value is -2.01. The Morgan fingerprint density at radius 1 is 1.24 bits per heavy atom. The minimum Gasteiger partial charge on any atom is -0.383 e. The zero-order valence-corrected chi connectivity index (χ0v) is 12.4. The molecule has 0 bridgehead atoms. The van der Waals surface area contributed by atoms with Gasteiger partial charge < -0.3 is 5.73 Å². The van der Waals surface area contributed by atoms with Gasteiger partial charge in [-0.25, -0.2) is 14.4 Å². The minimum atomic E-state index is -0.316. The fourth-order valence-corrected chi connectivity index (χ4v) is 4.22. The molecule has 2 N–H and O–H groups in total. The van der Waals surface area contributed by atoms with Crippen LogP contribution in [0.2, 0.25) is 0 Å². The highest BCUT2D eigenvalue weighted by Gasteiger charge is 2.22. The van der Waals surface area contributed by atoms with Crippen LogP contribution in [0.3, 0.4) is 0 Å². The Morgan fingerprint density at radius 3 is 2.95 bits per heavy atom. The topological polar surface area (TPSA) is 51.8 Å². The van der Waals surface area contributed by atoms with Gasteiger partial charge in [0.05, 0.1) is 10.9 Å². The molecule has 0 atom stereocenters. The number of aromatic nitrogens is 2. The van der Waals surface area contributed by atoms with Crippen molar-refractivity contribution in [2.75, 3.05) is 5.73 Å². The highest BCUT2D eigenvalue weighted by molar-refractivity contribution is 7.19. The summed E-state index contributed by atoms with van der Waals surface area (Å²) in [5.41, 5.74) is 8.82. The van der Waals surface area contributed by atoms with Crippen LogP contribution in [0.5, 0.6) is 0 Å². The summed E-state index contributed by atoms with van der Waals surface area (Å²) in [7, 11) is 0. The van der Waals surface area contributed by atoms with Crippen LogP contribution in [-0.2, 0) is 12.8 Å². The number of hydrogen-bond acceptors (Lipinski definition) is 4. The van der Waals surface area contributed by atoms with Crippen LogP contribution in [0.1, 0.15) is 22.4 Å². The minimum absolute atomic E-state index is 0.316. The van der Waals surface area contributed by atoms with E-state index in [-0.39, 0.29) is 5.82 Å². The van der Waals surface area contributed by atoms with Gasteiger partial charge in [-0.2, -0.15) is 0 Å². The molecule has 1 aromatic carbocycles. The lowest BCUT2D eigenvalue weighted by Gasteiger charge is -2.06. The first-order valence-corrected chi connectivity index (χ1v) is 7.79. The summed E-state index contributed by atoms with van der Waals surface area (Å²) in [6.07, 6.45) is 3.30. The number of nitrogen functional groups attached to an aromatic ring is 1. The number of rotatable bonds is 1. The molecule has 0 saturated carbocycles. The second kappa shape index (κ2) is 4.49. The van der Waals surface area contributed by atoms with E-state index >= 15 is 0 Å². The molecule has 4 rings (SSSR count). The van der Waals surface area contributed by atoms with Crippen LogP contribution in [0.15, 0.2) is 18.2 Å². The van der Waals surface area contributed by atoms with Gasteiger partial charge in [0.2, 0.25) is 0 Å². The Morgan fingerprint density at radius 2 is 2.10 bits per heavy atom. The van der Waals surface area contributed by atoms with Gasteiger partial charge in [0.25, 0.3) is 0 Å². The van der Waals surface area contributed by atoms with Crippen LogP contribution < -0.4 is 5.73 Å². The second-order valence-corrected chi connectivity index (χ2v) is 6.54. The van der Waals surface area contributed by atoms with Crippen molar-refractivity contribution in [3.63, 3.8) is 0 Å². The number of fused-ring (bicyclic) bond motifs is 3. The predicted molar refractivity (Wildman–Crippen MR) is 84.0 cm³/mol. The van der Waals surface area contributed by atoms with E-state index < -0.39 is 0 Å². The van der Waals surface area contributed by atoms with E-state index in [1.54, 1.807) is 23.5 Å². The smallest absolute Gasteiger partial charge is 0.166 e. The van der Waals surface area contributed by atoms with Crippen molar-refractivity contribution in [1.29, 1.82) is 0 Å². The first-order valence-electron chi connectivity index (χ1n) is 6.98. The van der Waals surface area contributed by atoms with Crippen molar-refractivity contribution >= 4 is 27.4 Å². The Labute approximate surface area is 125 Å². The van der Waals surface area contributed by atoms with Gasteiger partial charge in [0.15, 0.2) is 5.82 Å². The molecule has 106 valence electrons. The van der Waals surface area contributed by atoms with Crippen molar-refractivity contribution in [3.8, 4) is 11.4 Å². The molecule has 2 heterocycles. The third-order valence-electron chi connectivity index (χ3n) is 3.96. The molecule has 0 amide bonds. The third kappa shape index (κ3) is 1.92. The van der Waals surface area contributed by atoms with E-state index in [0.29, 0.717) is 17.2 Å². The molecule has 2 aromatic heterocycles. The molecular formula is C16H14FN3S. The summed E-state index contributed by atoms with van der Waals surface area (Å²) in [5.74, 6) is 0.528. The van der Waals surface area contributed by atoms with E-state index in [2.05, 4.69) is 9.97 Å². The molecule has 0 radical (unpaired) electrons. The summed E-state index contributed by atoms with van der Waals surface area (Å²) < 4.78 is 14.0. The molecule has 1 aliphatic rings. The summed E-state index contributed by atoms with van der Waals surface area (Å²) in [6, 6.07) is 4.94. The summed E-state index contributed by atoms with van der Waals surface area (Å²) in [5, 5.41) is 0.976. The molecule has 0 spiro atoms. The molecule has 1 aliphatic carbocycles. The Bertz CT molecular complexity index is 870. The average Bonchev–Trinajstić information content (AvgIpc) is 3.01. The molecule has 0 saturated heterocycles. The molecule has 5 heteroatoms. The number of thiophene rings is 1. The van der Waals surface area contributed by atoms with E-state index in [1.807, 2.05) is 6.92 Å². The molecule has 0 unspecified atom stereocenters. The predicted octanol–water partition coefficient (Wildman–Crippen LogP) is 3.88. The van der Waals surface area contributed by atoms with Crippen LogP contribution in [0.4, 0.5) is 10.2 Å². The summed E-state index contributed by atoms with van der Waals surface area (Å²) >= 11 is 1.67. The van der Waals surface area contributed by atoms with Crippen LogP contribution in [0, 0.1) is 12.7 Å². The average molecular weight is 299 g/mol. The maximum atomic E-state index is 14.0. The SMILES string of the molecule is Cc1ccc(F)c(-c2nc(N)c3c4c(sc3n2)CCC4)c1. The van der Waals surface area contributed by atoms with E-state index in [1.165, 1.54) is 22.9 Å². The van der Waals surface area contributed by atoms with Gasteiger partial charge in [-0.3, -0.25) is 0 Å². The monoisotopic (exact) mass is 299 g/mol. The maximum Gasteiger partial charge on any atom is 0.166 e. The van der Waals surface area contributed by atoms with Crippen molar-refractivity contribution in [2.24, 2.45) is 0 Å². The summed E-state index contributed by atoms with van der Waals surface area (Å²) in [6.45, 7) is 1.92. The van der Waals surface area contributed by atoms with Crippen LogP contribution >= 0.6 is 11.3 Å². The van der Waals surface area contributed by atoms with Crippen LogP contribution in [0.25, 0.3) is 21.6 Å². The number of benzene rings is 1. The third-order valence-corrected chi connectivity index (χ3v) is 5.14. The lowest BCUT2D eigenvalue weighted by atomic mass is 10.1. The zero-order valence-electron chi connectivity index (χ0n) is 11.6. The normalized spacial score (nSPS) is 13.8. The second-order valence-electron chi connectivity index (χ2n) is 5.45. The van der Waals surface area contributed by atoms with Gasteiger partial charge >= 0.3 is 0 Å². The largest absolute Gasteiger partial charge is 0.383 e. The Kier molecular flexibility index (Phi) is 2.72. The highest BCUT2D eigenvalue weighted by atomic mass is 32.1. The van der Waals surface area contributed by atoms with Gasteiger partial charge in [-0.1, -0.05) is 11.6 Å². The molecular weight excluding hydrogens is 285 g/mol. The lowest BCUT2D eigenvalue weighted by Crippen LogP contribution is -1.99.